The highest BCUT2D eigenvalue weighted by Gasteiger charge is 2.30. The van der Waals surface area contributed by atoms with Crippen molar-refractivity contribution < 1.29 is 18.0 Å². The van der Waals surface area contributed by atoms with Crippen molar-refractivity contribution in [1.82, 2.24) is 10.2 Å². The van der Waals surface area contributed by atoms with Crippen molar-refractivity contribution in [1.29, 1.82) is 0 Å². The lowest BCUT2D eigenvalue weighted by molar-refractivity contribution is -0.137. The van der Waals surface area contributed by atoms with Gasteiger partial charge >= 0.3 is 6.18 Å². The van der Waals surface area contributed by atoms with Crippen molar-refractivity contribution in [3.05, 3.63) is 29.8 Å². The number of anilines is 1. The molecule has 0 heterocycles. The molecule has 0 fully saturated rings. The molecule has 1 aromatic rings. The van der Waals surface area contributed by atoms with Crippen molar-refractivity contribution in [3.8, 4) is 0 Å². The second kappa shape index (κ2) is 8.92. The zero-order valence-corrected chi connectivity index (χ0v) is 14.6. The van der Waals surface area contributed by atoms with Gasteiger partial charge in [0.05, 0.1) is 12.1 Å². The van der Waals surface area contributed by atoms with Crippen LogP contribution in [0.3, 0.4) is 0 Å². The largest absolute Gasteiger partial charge is 0.416 e. The van der Waals surface area contributed by atoms with E-state index < -0.39 is 11.7 Å². The molecular formula is C17H26F3N3O. The molecule has 2 N–H and O–H groups in total. The molecule has 1 rings (SSSR count). The third kappa shape index (κ3) is 6.78. The lowest BCUT2D eigenvalue weighted by atomic mass is 10.2. The molecule has 0 spiro atoms. The number of carbonyl (C=O) groups excluding carboxylic acids is 1. The first-order valence-electron chi connectivity index (χ1n) is 8.05. The Labute approximate surface area is 141 Å². The van der Waals surface area contributed by atoms with E-state index in [1.165, 1.54) is 12.1 Å². The van der Waals surface area contributed by atoms with Gasteiger partial charge < -0.3 is 10.6 Å². The topological polar surface area (TPSA) is 44.4 Å². The standard InChI is InChI=1S/C17H26F3N3O/c1-12(2)23(13(3)4)9-8-21-16(24)11-22-15-7-5-6-14(10-15)17(18,19)20/h5-7,10,12-13,22H,8-9,11H2,1-4H3,(H,21,24). The minimum Gasteiger partial charge on any atom is -0.376 e. The van der Waals surface area contributed by atoms with Crippen LogP contribution < -0.4 is 10.6 Å². The van der Waals surface area contributed by atoms with Gasteiger partial charge in [0.25, 0.3) is 0 Å². The molecule has 0 aromatic heterocycles. The summed E-state index contributed by atoms with van der Waals surface area (Å²) in [4.78, 5) is 14.1. The third-order valence-corrected chi connectivity index (χ3v) is 3.66. The number of nitrogens with one attached hydrogen (secondary N) is 2. The van der Waals surface area contributed by atoms with Crippen LogP contribution in [-0.2, 0) is 11.0 Å². The molecule has 4 nitrogen and oxygen atoms in total. The molecule has 0 atom stereocenters. The molecule has 0 radical (unpaired) electrons. The Morgan fingerprint density at radius 3 is 2.33 bits per heavy atom. The van der Waals surface area contributed by atoms with E-state index in [1.54, 1.807) is 0 Å². The number of hydrogen-bond donors (Lipinski definition) is 2. The van der Waals surface area contributed by atoms with Crippen LogP contribution in [0.15, 0.2) is 24.3 Å². The van der Waals surface area contributed by atoms with E-state index in [2.05, 4.69) is 43.2 Å². The maximum atomic E-state index is 12.6. The maximum Gasteiger partial charge on any atom is 0.416 e. The van der Waals surface area contributed by atoms with Crippen LogP contribution in [0.1, 0.15) is 33.3 Å². The smallest absolute Gasteiger partial charge is 0.376 e. The molecule has 24 heavy (non-hydrogen) atoms. The fraction of sp³-hybridized carbons (Fsp3) is 0.588. The monoisotopic (exact) mass is 345 g/mol. The van der Waals surface area contributed by atoms with Crippen LogP contribution in [-0.4, -0.2) is 42.5 Å². The Morgan fingerprint density at radius 1 is 1.17 bits per heavy atom. The molecule has 0 bridgehead atoms. The molecule has 7 heteroatoms. The fourth-order valence-electron chi connectivity index (χ4n) is 2.49. The van der Waals surface area contributed by atoms with Crippen molar-refractivity contribution in [2.75, 3.05) is 25.0 Å². The Balaban J connectivity index is 2.42. The highest BCUT2D eigenvalue weighted by Crippen LogP contribution is 2.30. The molecule has 0 aliphatic carbocycles. The van der Waals surface area contributed by atoms with Crippen LogP contribution in [0, 0.1) is 0 Å². The van der Waals surface area contributed by atoms with Gasteiger partial charge in [-0.25, -0.2) is 0 Å². The highest BCUT2D eigenvalue weighted by atomic mass is 19.4. The average molecular weight is 345 g/mol. The molecule has 136 valence electrons. The van der Waals surface area contributed by atoms with Crippen LogP contribution >= 0.6 is 0 Å². The molecule has 0 aliphatic heterocycles. The van der Waals surface area contributed by atoms with Crippen molar-refractivity contribution in [2.24, 2.45) is 0 Å². The average Bonchev–Trinajstić information content (AvgIpc) is 2.48. The fourth-order valence-corrected chi connectivity index (χ4v) is 2.49. The van der Waals surface area contributed by atoms with Gasteiger partial charge in [0.2, 0.25) is 5.91 Å². The second-order valence-corrected chi connectivity index (χ2v) is 6.21. The highest BCUT2D eigenvalue weighted by molar-refractivity contribution is 5.80. The van der Waals surface area contributed by atoms with E-state index in [-0.39, 0.29) is 18.1 Å². The number of amides is 1. The van der Waals surface area contributed by atoms with E-state index in [1.807, 2.05) is 0 Å². The Kier molecular flexibility index (Phi) is 7.54. The molecule has 0 aliphatic rings. The van der Waals surface area contributed by atoms with Gasteiger partial charge in [-0.2, -0.15) is 13.2 Å². The summed E-state index contributed by atoms with van der Waals surface area (Å²) in [5.74, 6) is -0.250. The molecule has 0 saturated heterocycles. The van der Waals surface area contributed by atoms with E-state index >= 15 is 0 Å². The van der Waals surface area contributed by atoms with Gasteiger partial charge in [0.1, 0.15) is 0 Å². The van der Waals surface area contributed by atoms with E-state index in [9.17, 15) is 18.0 Å². The third-order valence-electron chi connectivity index (χ3n) is 3.66. The molecular weight excluding hydrogens is 319 g/mol. The van der Waals surface area contributed by atoms with Gasteiger partial charge in [-0.3, -0.25) is 9.69 Å². The summed E-state index contributed by atoms with van der Waals surface area (Å²) in [6.07, 6.45) is -4.39. The number of alkyl halides is 3. The number of hydrogen-bond acceptors (Lipinski definition) is 3. The van der Waals surface area contributed by atoms with E-state index in [0.717, 1.165) is 18.7 Å². The first-order chi connectivity index (χ1) is 11.1. The second-order valence-electron chi connectivity index (χ2n) is 6.21. The predicted molar refractivity (Wildman–Crippen MR) is 89.9 cm³/mol. The van der Waals surface area contributed by atoms with E-state index in [4.69, 9.17) is 0 Å². The Morgan fingerprint density at radius 2 is 1.79 bits per heavy atom. The summed E-state index contributed by atoms with van der Waals surface area (Å²) in [7, 11) is 0. The zero-order chi connectivity index (χ0) is 18.3. The lowest BCUT2D eigenvalue weighted by Crippen LogP contribution is -2.43. The summed E-state index contributed by atoms with van der Waals surface area (Å²) < 4.78 is 37.9. The summed E-state index contributed by atoms with van der Waals surface area (Å²) in [6, 6.07) is 5.56. The van der Waals surface area contributed by atoms with Crippen molar-refractivity contribution in [3.63, 3.8) is 0 Å². The predicted octanol–water partition coefficient (Wildman–Crippen LogP) is 3.35. The quantitative estimate of drug-likeness (QED) is 0.759. The summed E-state index contributed by atoms with van der Waals surface area (Å²) >= 11 is 0. The summed E-state index contributed by atoms with van der Waals surface area (Å²) in [5, 5.41) is 5.49. The summed E-state index contributed by atoms with van der Waals surface area (Å²) in [6.45, 7) is 9.54. The van der Waals surface area contributed by atoms with Crippen LogP contribution in [0.2, 0.25) is 0 Å². The van der Waals surface area contributed by atoms with Crippen LogP contribution in [0.4, 0.5) is 18.9 Å². The van der Waals surface area contributed by atoms with Gasteiger partial charge in [-0.05, 0) is 45.9 Å². The number of halogens is 3. The van der Waals surface area contributed by atoms with Crippen molar-refractivity contribution >= 4 is 11.6 Å². The molecule has 1 amide bonds. The Hall–Kier alpha value is -1.76. The minimum atomic E-state index is -4.39. The van der Waals surface area contributed by atoms with Gasteiger partial charge in [-0.15, -0.1) is 0 Å². The van der Waals surface area contributed by atoms with Crippen LogP contribution in [0.25, 0.3) is 0 Å². The van der Waals surface area contributed by atoms with Crippen LogP contribution in [0.5, 0.6) is 0 Å². The van der Waals surface area contributed by atoms with Gasteiger partial charge in [-0.1, -0.05) is 6.07 Å². The number of rotatable bonds is 8. The van der Waals surface area contributed by atoms with Gasteiger partial charge in [0.15, 0.2) is 0 Å². The number of benzene rings is 1. The Bertz CT molecular complexity index is 522. The van der Waals surface area contributed by atoms with Gasteiger partial charge in [0, 0.05) is 30.9 Å². The zero-order valence-electron chi connectivity index (χ0n) is 14.6. The number of carbonyl (C=O) groups is 1. The van der Waals surface area contributed by atoms with Crippen molar-refractivity contribution in [2.45, 2.75) is 46.0 Å². The van der Waals surface area contributed by atoms with E-state index in [0.29, 0.717) is 18.6 Å². The minimum absolute atomic E-state index is 0.0648. The normalized spacial score (nSPS) is 12.1. The molecule has 1 aromatic carbocycles. The molecule has 0 unspecified atom stereocenters. The first kappa shape index (κ1) is 20.3. The lowest BCUT2D eigenvalue weighted by Gasteiger charge is -2.30. The number of nitrogens with zero attached hydrogens (tertiary/aromatic N) is 1. The molecule has 0 saturated carbocycles. The maximum absolute atomic E-state index is 12.6. The first-order valence-corrected chi connectivity index (χ1v) is 8.05. The SMILES string of the molecule is CC(C)N(CCNC(=O)CNc1cccc(C(F)(F)F)c1)C(C)C. The summed E-state index contributed by atoms with van der Waals surface area (Å²) in [5.41, 5.74) is -0.469.